The van der Waals surface area contributed by atoms with E-state index < -0.39 is 11.9 Å². The molecule has 0 aliphatic rings. The molecular formula is C13H12N2O5. The van der Waals surface area contributed by atoms with Crippen LogP contribution in [0.25, 0.3) is 0 Å². The van der Waals surface area contributed by atoms with Gasteiger partial charge in [0, 0.05) is 12.4 Å². The summed E-state index contributed by atoms with van der Waals surface area (Å²) in [5, 5.41) is 17.3. The first-order chi connectivity index (χ1) is 9.49. The van der Waals surface area contributed by atoms with E-state index in [4.69, 9.17) is 14.9 Å². The van der Waals surface area contributed by atoms with Crippen molar-refractivity contribution in [2.24, 2.45) is 0 Å². The zero-order valence-corrected chi connectivity index (χ0v) is 10.4. The molecule has 1 rings (SSSR count). The highest BCUT2D eigenvalue weighted by Crippen LogP contribution is 2.10. The first kappa shape index (κ1) is 15.1. The summed E-state index contributed by atoms with van der Waals surface area (Å²) in [5.41, 5.74) is -0.212. The Morgan fingerprint density at radius 3 is 2.50 bits per heavy atom. The maximum Gasteiger partial charge on any atom is 0.335 e. The lowest BCUT2D eigenvalue weighted by molar-refractivity contribution is -0.136. The highest BCUT2D eigenvalue weighted by atomic mass is 16.5. The van der Waals surface area contributed by atoms with Crippen LogP contribution in [0, 0.1) is 0 Å². The van der Waals surface area contributed by atoms with Crippen LogP contribution in [0.15, 0.2) is 54.6 Å². The van der Waals surface area contributed by atoms with Gasteiger partial charge in [-0.1, -0.05) is 12.7 Å². The van der Waals surface area contributed by atoms with E-state index in [0.717, 1.165) is 6.08 Å². The number of aliphatic carboxylic acids is 2. The number of allylic oxidation sites excluding steroid dienone is 1. The highest BCUT2D eigenvalue weighted by molar-refractivity contribution is 5.89. The topological polar surface area (TPSA) is 110 Å². The number of aromatic nitrogens is 2. The molecule has 0 amide bonds. The standard InChI is InChI=1S/C13H12N2O5/c1-9(12(18)19)8-10(4-2-5-11(16)17)20-13-14-6-3-7-15-13/h2-4,6-8H,1,5H2,(H,16,17)(H,18,19)/b4-2-,10-8+. The van der Waals surface area contributed by atoms with Crippen LogP contribution in [-0.4, -0.2) is 32.1 Å². The molecule has 0 radical (unpaired) electrons. The summed E-state index contributed by atoms with van der Waals surface area (Å²) in [7, 11) is 0. The molecule has 0 aromatic carbocycles. The molecule has 0 atom stereocenters. The normalized spacial score (nSPS) is 11.3. The molecule has 0 spiro atoms. The summed E-state index contributed by atoms with van der Waals surface area (Å²) in [6.45, 7) is 3.33. The summed E-state index contributed by atoms with van der Waals surface area (Å²) in [6.07, 6.45) is 6.46. The van der Waals surface area contributed by atoms with Crippen molar-refractivity contribution in [2.45, 2.75) is 6.42 Å². The average molecular weight is 276 g/mol. The van der Waals surface area contributed by atoms with Crippen LogP contribution in [0.3, 0.4) is 0 Å². The third kappa shape index (κ3) is 5.58. The Hall–Kier alpha value is -2.96. The quantitative estimate of drug-likeness (QED) is 0.440. The molecule has 0 saturated heterocycles. The number of hydrogen-bond acceptors (Lipinski definition) is 5. The molecule has 0 unspecified atom stereocenters. The van der Waals surface area contributed by atoms with Crippen molar-refractivity contribution in [2.75, 3.05) is 0 Å². The first-order valence-electron chi connectivity index (χ1n) is 5.46. The summed E-state index contributed by atoms with van der Waals surface area (Å²) < 4.78 is 5.25. The van der Waals surface area contributed by atoms with E-state index in [2.05, 4.69) is 16.5 Å². The Labute approximate surface area is 114 Å². The Kier molecular flexibility index (Phi) is 5.64. The monoisotopic (exact) mass is 276 g/mol. The van der Waals surface area contributed by atoms with Gasteiger partial charge in [-0.3, -0.25) is 4.79 Å². The number of carbonyl (C=O) groups is 2. The minimum atomic E-state index is -1.22. The molecule has 0 fully saturated rings. The molecule has 1 aromatic rings. The van der Waals surface area contributed by atoms with Crippen LogP contribution in [0.1, 0.15) is 6.42 Å². The van der Waals surface area contributed by atoms with Crippen molar-refractivity contribution < 1.29 is 24.5 Å². The van der Waals surface area contributed by atoms with Gasteiger partial charge in [0.15, 0.2) is 0 Å². The van der Waals surface area contributed by atoms with Gasteiger partial charge in [0.05, 0.1) is 12.0 Å². The van der Waals surface area contributed by atoms with Crippen molar-refractivity contribution in [1.29, 1.82) is 0 Å². The van der Waals surface area contributed by atoms with Gasteiger partial charge in [-0.15, -0.1) is 0 Å². The lowest BCUT2D eigenvalue weighted by Crippen LogP contribution is -2.01. The fourth-order valence-electron chi connectivity index (χ4n) is 1.06. The SMILES string of the molecule is C=C(/C=C(\C=C/CC(=O)O)Oc1ncccn1)C(=O)O. The zero-order chi connectivity index (χ0) is 15.0. The molecule has 0 aliphatic heterocycles. The smallest absolute Gasteiger partial charge is 0.335 e. The molecule has 2 N–H and O–H groups in total. The highest BCUT2D eigenvalue weighted by Gasteiger charge is 2.05. The number of ether oxygens (including phenoxy) is 1. The van der Waals surface area contributed by atoms with Gasteiger partial charge in [0.1, 0.15) is 5.76 Å². The minimum absolute atomic E-state index is 0.0110. The maximum atomic E-state index is 10.7. The summed E-state index contributed by atoms with van der Waals surface area (Å²) >= 11 is 0. The van der Waals surface area contributed by atoms with Crippen LogP contribution in [0.2, 0.25) is 0 Å². The fraction of sp³-hybridized carbons (Fsp3) is 0.0769. The van der Waals surface area contributed by atoms with Crippen LogP contribution in [-0.2, 0) is 9.59 Å². The number of carboxylic acids is 2. The van der Waals surface area contributed by atoms with Gasteiger partial charge in [-0.05, 0) is 18.2 Å². The molecule has 1 heterocycles. The second-order valence-corrected chi connectivity index (χ2v) is 3.51. The van der Waals surface area contributed by atoms with Crippen LogP contribution < -0.4 is 4.74 Å². The fourth-order valence-corrected chi connectivity index (χ4v) is 1.06. The molecule has 0 aliphatic carbocycles. The third-order valence-electron chi connectivity index (χ3n) is 1.92. The predicted octanol–water partition coefficient (Wildman–Crippen LogP) is 1.41. The maximum absolute atomic E-state index is 10.7. The van der Waals surface area contributed by atoms with Crippen molar-refractivity contribution in [1.82, 2.24) is 9.97 Å². The van der Waals surface area contributed by atoms with Crippen LogP contribution in [0.5, 0.6) is 6.01 Å². The van der Waals surface area contributed by atoms with Crippen molar-refractivity contribution in [3.63, 3.8) is 0 Å². The molecule has 7 nitrogen and oxygen atoms in total. The van der Waals surface area contributed by atoms with Crippen LogP contribution >= 0.6 is 0 Å². The second-order valence-electron chi connectivity index (χ2n) is 3.51. The van der Waals surface area contributed by atoms with Crippen molar-refractivity contribution >= 4 is 11.9 Å². The molecule has 7 heteroatoms. The van der Waals surface area contributed by atoms with Gasteiger partial charge >= 0.3 is 17.9 Å². The van der Waals surface area contributed by atoms with E-state index in [9.17, 15) is 9.59 Å². The number of nitrogens with zero attached hydrogens (tertiary/aromatic N) is 2. The summed E-state index contributed by atoms with van der Waals surface area (Å²) in [4.78, 5) is 28.8. The van der Waals surface area contributed by atoms with Gasteiger partial charge in [0.2, 0.25) is 0 Å². The Bertz CT molecular complexity index is 563. The van der Waals surface area contributed by atoms with Crippen molar-refractivity contribution in [3.05, 3.63) is 54.6 Å². The largest absolute Gasteiger partial charge is 0.481 e. The molecule has 20 heavy (non-hydrogen) atoms. The number of rotatable bonds is 7. The molecule has 104 valence electrons. The Balaban J connectivity index is 2.89. The lowest BCUT2D eigenvalue weighted by atomic mass is 10.2. The van der Waals surface area contributed by atoms with E-state index >= 15 is 0 Å². The first-order valence-corrected chi connectivity index (χ1v) is 5.46. The summed E-state index contributed by atoms with van der Waals surface area (Å²) in [6, 6.07) is 1.60. The van der Waals surface area contributed by atoms with Gasteiger partial charge in [-0.2, -0.15) is 0 Å². The van der Waals surface area contributed by atoms with E-state index in [-0.39, 0.29) is 23.8 Å². The van der Waals surface area contributed by atoms with E-state index in [1.165, 1.54) is 24.5 Å². The second kappa shape index (κ2) is 7.47. The Morgan fingerprint density at radius 1 is 1.30 bits per heavy atom. The van der Waals surface area contributed by atoms with Gasteiger partial charge in [0.25, 0.3) is 0 Å². The van der Waals surface area contributed by atoms with Crippen LogP contribution in [0.4, 0.5) is 0 Å². The lowest BCUT2D eigenvalue weighted by Gasteiger charge is -2.04. The minimum Gasteiger partial charge on any atom is -0.481 e. The van der Waals surface area contributed by atoms with E-state index in [1.54, 1.807) is 6.07 Å². The van der Waals surface area contributed by atoms with Crippen molar-refractivity contribution in [3.8, 4) is 6.01 Å². The summed E-state index contributed by atoms with van der Waals surface area (Å²) in [5.74, 6) is -2.16. The van der Waals surface area contributed by atoms with Gasteiger partial charge < -0.3 is 14.9 Å². The molecule has 0 bridgehead atoms. The van der Waals surface area contributed by atoms with E-state index in [0.29, 0.717) is 0 Å². The molecular weight excluding hydrogens is 264 g/mol. The number of hydrogen-bond donors (Lipinski definition) is 2. The van der Waals surface area contributed by atoms with E-state index in [1.807, 2.05) is 0 Å². The molecule has 1 aromatic heterocycles. The predicted molar refractivity (Wildman–Crippen MR) is 68.9 cm³/mol. The molecule has 0 saturated carbocycles. The van der Waals surface area contributed by atoms with Gasteiger partial charge in [-0.25, -0.2) is 14.8 Å². The Morgan fingerprint density at radius 2 is 1.95 bits per heavy atom. The average Bonchev–Trinajstić information content (AvgIpc) is 2.39. The zero-order valence-electron chi connectivity index (χ0n) is 10.4. The third-order valence-corrected chi connectivity index (χ3v) is 1.92. The number of carboxylic acid groups (broad SMARTS) is 2.